The zero-order valence-corrected chi connectivity index (χ0v) is 19.1. The van der Waals surface area contributed by atoms with Crippen LogP contribution in [0.3, 0.4) is 0 Å². The molecule has 0 aliphatic carbocycles. The molecule has 0 fully saturated rings. The van der Waals surface area contributed by atoms with E-state index in [4.69, 9.17) is 11.6 Å². The molecule has 32 heavy (non-hydrogen) atoms. The maximum Gasteiger partial charge on any atom is 0.416 e. The third-order valence-corrected chi connectivity index (χ3v) is 5.76. The molecule has 2 amide bonds. The minimum Gasteiger partial charge on any atom is -0.339 e. The van der Waals surface area contributed by atoms with E-state index in [1.165, 1.54) is 17.0 Å². The van der Waals surface area contributed by atoms with Crippen molar-refractivity contribution in [2.45, 2.75) is 51.7 Å². The normalized spacial score (nSPS) is 13.3. The van der Waals surface area contributed by atoms with E-state index >= 15 is 0 Å². The monoisotopic (exact) mass is 468 g/mol. The van der Waals surface area contributed by atoms with E-state index in [0.717, 1.165) is 12.1 Å². The summed E-state index contributed by atoms with van der Waals surface area (Å²) in [4.78, 5) is 26.6. The van der Waals surface area contributed by atoms with Crippen LogP contribution in [0.5, 0.6) is 0 Å². The molecule has 1 unspecified atom stereocenters. The van der Waals surface area contributed by atoms with Gasteiger partial charge in [-0.05, 0) is 61.7 Å². The molecule has 174 valence electrons. The van der Waals surface area contributed by atoms with Crippen molar-refractivity contribution in [3.05, 3.63) is 64.7 Å². The van der Waals surface area contributed by atoms with Crippen molar-refractivity contribution in [2.24, 2.45) is 5.92 Å². The van der Waals surface area contributed by atoms with Gasteiger partial charge in [-0.2, -0.15) is 13.2 Å². The van der Waals surface area contributed by atoms with E-state index in [-0.39, 0.29) is 23.4 Å². The van der Waals surface area contributed by atoms with Crippen molar-refractivity contribution in [3.63, 3.8) is 0 Å². The Balaban J connectivity index is 1.90. The molecule has 0 heterocycles. The Morgan fingerprint density at radius 1 is 1.09 bits per heavy atom. The number of carbonyl (C=O) groups is 2. The fraction of sp³-hybridized carbons (Fsp3) is 0.417. The summed E-state index contributed by atoms with van der Waals surface area (Å²) in [5.74, 6) is -0.780. The lowest BCUT2D eigenvalue weighted by Crippen LogP contribution is -2.37. The fourth-order valence-electron chi connectivity index (χ4n) is 3.46. The molecule has 1 N–H and O–H groups in total. The molecule has 2 rings (SSSR count). The van der Waals surface area contributed by atoms with Crippen molar-refractivity contribution < 1.29 is 22.8 Å². The summed E-state index contributed by atoms with van der Waals surface area (Å²) in [6, 6.07) is 11.2. The highest BCUT2D eigenvalue weighted by Gasteiger charge is 2.31. The summed E-state index contributed by atoms with van der Waals surface area (Å²) in [6.07, 6.45) is -1.86. The minimum absolute atomic E-state index is 0.0106. The van der Waals surface area contributed by atoms with Gasteiger partial charge in [-0.3, -0.25) is 9.59 Å². The molecule has 2 aromatic carbocycles. The van der Waals surface area contributed by atoms with Gasteiger partial charge < -0.3 is 10.2 Å². The quantitative estimate of drug-likeness (QED) is 0.447. The van der Waals surface area contributed by atoms with Gasteiger partial charge in [-0.1, -0.05) is 37.9 Å². The number of anilines is 1. The Labute approximate surface area is 191 Å². The van der Waals surface area contributed by atoms with E-state index in [2.05, 4.69) is 5.32 Å². The van der Waals surface area contributed by atoms with Crippen LogP contribution in [0, 0.1) is 5.92 Å². The van der Waals surface area contributed by atoms with Crippen LogP contribution in [0.15, 0.2) is 48.5 Å². The van der Waals surface area contributed by atoms with Gasteiger partial charge in [0.05, 0.1) is 5.56 Å². The largest absolute Gasteiger partial charge is 0.416 e. The van der Waals surface area contributed by atoms with E-state index in [0.29, 0.717) is 36.4 Å². The van der Waals surface area contributed by atoms with Crippen LogP contribution in [0.2, 0.25) is 5.02 Å². The first-order valence-corrected chi connectivity index (χ1v) is 10.9. The van der Waals surface area contributed by atoms with Crippen molar-refractivity contribution >= 4 is 29.1 Å². The molecule has 0 aromatic heterocycles. The summed E-state index contributed by atoms with van der Waals surface area (Å²) in [5, 5.41) is 3.44. The first-order valence-electron chi connectivity index (χ1n) is 10.5. The highest BCUT2D eigenvalue weighted by molar-refractivity contribution is 6.30. The van der Waals surface area contributed by atoms with Crippen molar-refractivity contribution in [2.75, 3.05) is 12.4 Å². The molecule has 4 nitrogen and oxygen atoms in total. The Bertz CT molecular complexity index is 916. The Kier molecular flexibility index (Phi) is 9.13. The van der Waals surface area contributed by atoms with Gasteiger partial charge in [0.15, 0.2) is 0 Å². The molecule has 8 heteroatoms. The summed E-state index contributed by atoms with van der Waals surface area (Å²) < 4.78 is 38.9. The van der Waals surface area contributed by atoms with Crippen LogP contribution in [-0.2, 0) is 11.0 Å². The first-order chi connectivity index (χ1) is 15.0. The molecule has 0 radical (unpaired) electrons. The molecule has 0 saturated carbocycles. The molecule has 2 atom stereocenters. The lowest BCUT2D eigenvalue weighted by atomic mass is 9.98. The molecule has 2 aromatic rings. The van der Waals surface area contributed by atoms with Gasteiger partial charge in [0, 0.05) is 35.3 Å². The predicted molar refractivity (Wildman–Crippen MR) is 121 cm³/mol. The number of alkyl halides is 3. The van der Waals surface area contributed by atoms with E-state index < -0.39 is 17.6 Å². The number of benzene rings is 2. The van der Waals surface area contributed by atoms with Gasteiger partial charge in [0.25, 0.3) is 5.91 Å². The molecule has 0 saturated heterocycles. The summed E-state index contributed by atoms with van der Waals surface area (Å²) in [5.41, 5.74) is -0.161. The maximum absolute atomic E-state index is 13.0. The topological polar surface area (TPSA) is 49.4 Å². The molecule has 0 spiro atoms. The zero-order chi connectivity index (χ0) is 23.9. The molecule has 0 aliphatic rings. The number of rotatable bonds is 9. The van der Waals surface area contributed by atoms with Crippen molar-refractivity contribution in [1.29, 1.82) is 0 Å². The Morgan fingerprint density at radius 2 is 1.75 bits per heavy atom. The van der Waals surface area contributed by atoms with Crippen molar-refractivity contribution in [1.82, 2.24) is 4.90 Å². The third-order valence-electron chi connectivity index (χ3n) is 5.51. The van der Waals surface area contributed by atoms with Gasteiger partial charge >= 0.3 is 6.18 Å². The van der Waals surface area contributed by atoms with E-state index in [1.54, 1.807) is 31.3 Å². The van der Waals surface area contributed by atoms with Crippen LogP contribution in [-0.4, -0.2) is 29.8 Å². The Hall–Kier alpha value is -2.54. The number of nitrogens with zero attached hydrogens (tertiary/aromatic N) is 1. The summed E-state index contributed by atoms with van der Waals surface area (Å²) in [7, 11) is 1.60. The molecular weight excluding hydrogens is 441 g/mol. The van der Waals surface area contributed by atoms with Crippen molar-refractivity contribution in [3.8, 4) is 0 Å². The van der Waals surface area contributed by atoms with Crippen LogP contribution in [0.1, 0.15) is 55.5 Å². The SMILES string of the molecule is CCC(CCC[C@H](C)C(=O)Nc1ccc(Cl)cc1)N(C)C(=O)c1cccc(C(F)(F)F)c1. The lowest BCUT2D eigenvalue weighted by molar-refractivity contribution is -0.137. The fourth-order valence-corrected chi connectivity index (χ4v) is 3.59. The summed E-state index contributed by atoms with van der Waals surface area (Å²) in [6.45, 7) is 3.76. The van der Waals surface area contributed by atoms with Gasteiger partial charge in [-0.25, -0.2) is 0 Å². The second-order valence-corrected chi connectivity index (χ2v) is 8.32. The molecule has 0 aliphatic heterocycles. The number of halogens is 4. The lowest BCUT2D eigenvalue weighted by Gasteiger charge is -2.28. The van der Waals surface area contributed by atoms with Gasteiger partial charge in [0.2, 0.25) is 5.91 Å². The number of hydrogen-bond acceptors (Lipinski definition) is 2. The van der Waals surface area contributed by atoms with Gasteiger partial charge in [0.1, 0.15) is 0 Å². The Morgan fingerprint density at radius 3 is 2.34 bits per heavy atom. The van der Waals surface area contributed by atoms with Crippen LogP contribution in [0.25, 0.3) is 0 Å². The second kappa shape index (κ2) is 11.4. The first kappa shape index (κ1) is 25.7. The second-order valence-electron chi connectivity index (χ2n) is 7.88. The van der Waals surface area contributed by atoms with Crippen LogP contribution >= 0.6 is 11.6 Å². The number of carbonyl (C=O) groups excluding carboxylic acids is 2. The summed E-state index contributed by atoms with van der Waals surface area (Å²) >= 11 is 5.85. The third kappa shape index (κ3) is 7.26. The smallest absolute Gasteiger partial charge is 0.339 e. The van der Waals surface area contributed by atoms with E-state index in [1.807, 2.05) is 13.8 Å². The predicted octanol–water partition coefficient (Wildman–Crippen LogP) is 6.65. The minimum atomic E-state index is -4.50. The van der Waals surface area contributed by atoms with Crippen LogP contribution in [0.4, 0.5) is 18.9 Å². The standard InChI is InChI=1S/C24H28ClF3N2O2/c1-4-21(30(3)23(32)17-8-6-9-18(15-17)24(26,27)28)10-5-7-16(2)22(31)29-20-13-11-19(25)12-14-20/h6,8-9,11-16,21H,4-5,7,10H2,1-3H3,(H,29,31)/t16-,21?/m0/s1. The average Bonchev–Trinajstić information content (AvgIpc) is 2.76. The highest BCUT2D eigenvalue weighted by Crippen LogP contribution is 2.30. The highest BCUT2D eigenvalue weighted by atomic mass is 35.5. The number of hydrogen-bond donors (Lipinski definition) is 1. The van der Waals surface area contributed by atoms with Gasteiger partial charge in [-0.15, -0.1) is 0 Å². The maximum atomic E-state index is 13.0. The number of amides is 2. The van der Waals surface area contributed by atoms with Crippen LogP contribution < -0.4 is 5.32 Å². The number of nitrogens with one attached hydrogen (secondary N) is 1. The average molecular weight is 469 g/mol. The van der Waals surface area contributed by atoms with E-state index in [9.17, 15) is 22.8 Å². The molecule has 0 bridgehead atoms. The zero-order valence-electron chi connectivity index (χ0n) is 18.4. The molecular formula is C24H28ClF3N2O2.